The molecule has 19 heavy (non-hydrogen) atoms. The molecule has 1 aromatic carbocycles. The Morgan fingerprint density at radius 2 is 2.11 bits per heavy atom. The maximum Gasteiger partial charge on any atom is 0.313 e. The number of benzene rings is 1. The number of esters is 1. The van der Waals surface area contributed by atoms with E-state index in [-0.39, 0.29) is 11.4 Å². The minimum Gasteiger partial charge on any atom is -0.492 e. The summed E-state index contributed by atoms with van der Waals surface area (Å²) in [5.74, 6) is 0.712. The maximum absolute atomic E-state index is 11.9. The molecule has 0 aliphatic heterocycles. The zero-order chi connectivity index (χ0) is 13.7. The molecular weight excluding hydrogens is 242 g/mol. The number of hydrogen-bond donors (Lipinski definition) is 1. The monoisotopic (exact) mass is 263 g/mol. The average Bonchev–Trinajstić information content (AvgIpc) is 2.39. The summed E-state index contributed by atoms with van der Waals surface area (Å²) in [7, 11) is 1.45. The van der Waals surface area contributed by atoms with Gasteiger partial charge >= 0.3 is 5.97 Å². The Hall–Kier alpha value is -1.71. The van der Waals surface area contributed by atoms with Crippen molar-refractivity contribution < 1.29 is 14.3 Å². The smallest absolute Gasteiger partial charge is 0.313 e. The number of carbonyl (C=O) groups excluding carboxylic acids is 1. The molecule has 0 aromatic heterocycles. The SMILES string of the molecule is CCOc1ccccc1NCC1(C(=O)OC)CCC1. The van der Waals surface area contributed by atoms with E-state index in [1.54, 1.807) is 0 Å². The summed E-state index contributed by atoms with van der Waals surface area (Å²) in [5, 5.41) is 3.33. The molecule has 1 fully saturated rings. The van der Waals surface area contributed by atoms with Gasteiger partial charge < -0.3 is 14.8 Å². The third-order valence-corrected chi connectivity index (χ3v) is 3.73. The molecule has 0 spiro atoms. The zero-order valence-electron chi connectivity index (χ0n) is 11.6. The standard InChI is InChI=1S/C15H21NO3/c1-3-19-13-8-5-4-7-12(13)16-11-15(9-6-10-15)14(17)18-2/h4-5,7-8,16H,3,6,9-11H2,1-2H3. The van der Waals surface area contributed by atoms with Crippen LogP contribution < -0.4 is 10.1 Å². The van der Waals surface area contributed by atoms with Crippen LogP contribution in [0.25, 0.3) is 0 Å². The van der Waals surface area contributed by atoms with E-state index in [1.165, 1.54) is 7.11 Å². The number of nitrogens with one attached hydrogen (secondary N) is 1. The van der Waals surface area contributed by atoms with E-state index in [1.807, 2.05) is 31.2 Å². The van der Waals surface area contributed by atoms with Gasteiger partial charge in [0.25, 0.3) is 0 Å². The first-order valence-electron chi connectivity index (χ1n) is 6.76. The molecule has 0 saturated heterocycles. The number of ether oxygens (including phenoxy) is 2. The molecule has 0 radical (unpaired) electrons. The van der Waals surface area contributed by atoms with Gasteiger partial charge in [-0.05, 0) is 31.9 Å². The van der Waals surface area contributed by atoms with Crippen molar-refractivity contribution in [3.05, 3.63) is 24.3 Å². The number of hydrogen-bond acceptors (Lipinski definition) is 4. The highest BCUT2D eigenvalue weighted by Crippen LogP contribution is 2.42. The molecule has 4 heteroatoms. The lowest BCUT2D eigenvalue weighted by Crippen LogP contribution is -2.44. The first kappa shape index (κ1) is 13.7. The Bertz CT molecular complexity index is 441. The topological polar surface area (TPSA) is 47.6 Å². The van der Waals surface area contributed by atoms with E-state index < -0.39 is 0 Å². The van der Waals surface area contributed by atoms with Crippen LogP contribution in [0.15, 0.2) is 24.3 Å². The van der Waals surface area contributed by atoms with Crippen LogP contribution in [0, 0.1) is 5.41 Å². The molecule has 104 valence electrons. The molecule has 1 saturated carbocycles. The number of anilines is 1. The fraction of sp³-hybridized carbons (Fsp3) is 0.533. The van der Waals surface area contributed by atoms with Gasteiger partial charge in [0.15, 0.2) is 0 Å². The summed E-state index contributed by atoms with van der Waals surface area (Å²) in [6.45, 7) is 3.18. The maximum atomic E-state index is 11.9. The molecule has 4 nitrogen and oxygen atoms in total. The van der Waals surface area contributed by atoms with Crippen LogP contribution in [0.3, 0.4) is 0 Å². The van der Waals surface area contributed by atoms with Crippen molar-refractivity contribution in [2.45, 2.75) is 26.2 Å². The van der Waals surface area contributed by atoms with Gasteiger partial charge in [0.1, 0.15) is 5.75 Å². The third-order valence-electron chi connectivity index (χ3n) is 3.73. The summed E-state index contributed by atoms with van der Waals surface area (Å²) in [6.07, 6.45) is 2.87. The highest BCUT2D eigenvalue weighted by Gasteiger charge is 2.45. The number of carbonyl (C=O) groups is 1. The quantitative estimate of drug-likeness (QED) is 0.802. The second-order valence-electron chi connectivity index (χ2n) is 4.91. The minimum atomic E-state index is -0.353. The largest absolute Gasteiger partial charge is 0.492 e. The molecular formula is C15H21NO3. The molecule has 0 unspecified atom stereocenters. The van der Waals surface area contributed by atoms with Crippen LogP contribution in [0.5, 0.6) is 5.75 Å². The lowest BCUT2D eigenvalue weighted by Gasteiger charge is -2.39. The van der Waals surface area contributed by atoms with Crippen LogP contribution >= 0.6 is 0 Å². The van der Waals surface area contributed by atoms with Crippen molar-refractivity contribution in [3.8, 4) is 5.75 Å². The van der Waals surface area contributed by atoms with Gasteiger partial charge in [-0.1, -0.05) is 18.6 Å². The lowest BCUT2D eigenvalue weighted by atomic mass is 9.68. The molecule has 0 bridgehead atoms. The van der Waals surface area contributed by atoms with Crippen LogP contribution in [0.1, 0.15) is 26.2 Å². The van der Waals surface area contributed by atoms with E-state index in [0.717, 1.165) is 30.7 Å². The predicted octanol–water partition coefficient (Wildman–Crippen LogP) is 2.84. The summed E-state index contributed by atoms with van der Waals surface area (Å²) in [4.78, 5) is 11.9. The van der Waals surface area contributed by atoms with E-state index in [0.29, 0.717) is 13.2 Å². The molecule has 0 amide bonds. The zero-order valence-corrected chi connectivity index (χ0v) is 11.6. The van der Waals surface area contributed by atoms with Crippen molar-refractivity contribution in [1.29, 1.82) is 0 Å². The van der Waals surface area contributed by atoms with Gasteiger partial charge in [-0.25, -0.2) is 0 Å². The number of para-hydroxylation sites is 2. The third kappa shape index (κ3) is 2.83. The van der Waals surface area contributed by atoms with Crippen molar-refractivity contribution in [3.63, 3.8) is 0 Å². The normalized spacial score (nSPS) is 16.3. The van der Waals surface area contributed by atoms with Crippen LogP contribution in [-0.2, 0) is 9.53 Å². The van der Waals surface area contributed by atoms with Gasteiger partial charge in [-0.15, -0.1) is 0 Å². The van der Waals surface area contributed by atoms with E-state index in [9.17, 15) is 4.79 Å². The van der Waals surface area contributed by atoms with E-state index in [2.05, 4.69) is 5.32 Å². The van der Waals surface area contributed by atoms with Gasteiger partial charge in [-0.3, -0.25) is 4.79 Å². The predicted molar refractivity (Wildman–Crippen MR) is 74.4 cm³/mol. The summed E-state index contributed by atoms with van der Waals surface area (Å²) in [5.41, 5.74) is 0.577. The Morgan fingerprint density at radius 3 is 2.68 bits per heavy atom. The van der Waals surface area contributed by atoms with E-state index >= 15 is 0 Å². The first-order valence-corrected chi connectivity index (χ1v) is 6.76. The lowest BCUT2D eigenvalue weighted by molar-refractivity contribution is -0.157. The van der Waals surface area contributed by atoms with Crippen LogP contribution in [0.2, 0.25) is 0 Å². The van der Waals surface area contributed by atoms with E-state index in [4.69, 9.17) is 9.47 Å². The second kappa shape index (κ2) is 5.95. The molecule has 1 aromatic rings. The van der Waals surface area contributed by atoms with Gasteiger partial charge in [0.05, 0.1) is 24.8 Å². The average molecular weight is 263 g/mol. The Morgan fingerprint density at radius 1 is 1.37 bits per heavy atom. The molecule has 2 rings (SSSR count). The Balaban J connectivity index is 2.03. The molecule has 1 N–H and O–H groups in total. The Labute approximate surface area is 114 Å². The van der Waals surface area contributed by atoms with Gasteiger partial charge in [0, 0.05) is 6.54 Å². The number of rotatable bonds is 6. The van der Waals surface area contributed by atoms with Gasteiger partial charge in [-0.2, -0.15) is 0 Å². The van der Waals surface area contributed by atoms with Gasteiger partial charge in [0.2, 0.25) is 0 Å². The second-order valence-corrected chi connectivity index (χ2v) is 4.91. The van der Waals surface area contributed by atoms with Crippen molar-refractivity contribution in [2.24, 2.45) is 5.41 Å². The minimum absolute atomic E-state index is 0.111. The highest BCUT2D eigenvalue weighted by molar-refractivity contribution is 5.78. The molecule has 0 atom stereocenters. The van der Waals surface area contributed by atoms with Crippen molar-refractivity contribution in [1.82, 2.24) is 0 Å². The first-order chi connectivity index (χ1) is 9.22. The van der Waals surface area contributed by atoms with Crippen molar-refractivity contribution in [2.75, 3.05) is 25.6 Å². The van der Waals surface area contributed by atoms with Crippen LogP contribution in [-0.4, -0.2) is 26.2 Å². The van der Waals surface area contributed by atoms with Crippen LogP contribution in [0.4, 0.5) is 5.69 Å². The number of methoxy groups -OCH3 is 1. The fourth-order valence-electron chi connectivity index (χ4n) is 2.43. The highest BCUT2D eigenvalue weighted by atomic mass is 16.5. The molecule has 1 aliphatic rings. The Kier molecular flexibility index (Phi) is 4.30. The molecule has 1 aliphatic carbocycles. The molecule has 0 heterocycles. The van der Waals surface area contributed by atoms with Crippen molar-refractivity contribution >= 4 is 11.7 Å². The summed E-state index contributed by atoms with van der Waals surface area (Å²) < 4.78 is 10.5. The fourth-order valence-corrected chi connectivity index (χ4v) is 2.43. The summed E-state index contributed by atoms with van der Waals surface area (Å²) in [6, 6.07) is 7.79. The summed E-state index contributed by atoms with van der Waals surface area (Å²) >= 11 is 0.